The number of hydrogen-bond donors (Lipinski definition) is 1. The van der Waals surface area contributed by atoms with E-state index in [1.807, 2.05) is 6.92 Å². The first kappa shape index (κ1) is 12.3. The molecule has 0 amide bonds. The number of nitrogens with two attached hydrogens (primary N) is 1. The largest absolute Gasteiger partial charge is 0.480 e. The van der Waals surface area contributed by atoms with Crippen LogP contribution in [0.1, 0.15) is 52.4 Å². The second-order valence-corrected chi connectivity index (χ2v) is 3.31. The Morgan fingerprint density at radius 1 is 1.15 bits per heavy atom. The zero-order chi connectivity index (χ0) is 9.94. The van der Waals surface area contributed by atoms with E-state index >= 15 is 0 Å². The van der Waals surface area contributed by atoms with Gasteiger partial charge in [-0.1, -0.05) is 39.0 Å². The van der Waals surface area contributed by atoms with Gasteiger partial charge in [-0.2, -0.15) is 0 Å². The molecule has 0 aliphatic carbocycles. The lowest BCUT2D eigenvalue weighted by Gasteiger charge is -2.04. The molecule has 0 radical (unpaired) electrons. The fourth-order valence-corrected chi connectivity index (χ4v) is 1.16. The van der Waals surface area contributed by atoms with Crippen LogP contribution in [-0.2, 0) is 4.74 Å². The van der Waals surface area contributed by atoms with Gasteiger partial charge < -0.3 is 10.5 Å². The molecule has 0 aromatic carbocycles. The highest BCUT2D eigenvalue weighted by molar-refractivity contribution is 4.81. The standard InChI is InChI=1S/C11H23NO/c1-3-5-6-7-8-9-10-13-11(12)4-2/h4H,3,5-10,12H2,1-2H3/b11-4+. The first-order valence-electron chi connectivity index (χ1n) is 5.35. The number of hydrogen-bond acceptors (Lipinski definition) is 2. The van der Waals surface area contributed by atoms with E-state index in [4.69, 9.17) is 10.5 Å². The number of ether oxygens (including phenoxy) is 1. The highest BCUT2D eigenvalue weighted by Gasteiger charge is 1.91. The molecule has 0 atom stereocenters. The van der Waals surface area contributed by atoms with Crippen LogP contribution in [0.2, 0.25) is 0 Å². The van der Waals surface area contributed by atoms with Crippen molar-refractivity contribution in [2.24, 2.45) is 5.73 Å². The van der Waals surface area contributed by atoms with Gasteiger partial charge in [-0.3, -0.25) is 0 Å². The summed E-state index contributed by atoms with van der Waals surface area (Å²) in [4.78, 5) is 0. The van der Waals surface area contributed by atoms with Gasteiger partial charge in [0.05, 0.1) is 6.61 Å². The summed E-state index contributed by atoms with van der Waals surface area (Å²) in [5, 5.41) is 0. The Morgan fingerprint density at radius 2 is 1.77 bits per heavy atom. The van der Waals surface area contributed by atoms with Crippen molar-refractivity contribution in [1.29, 1.82) is 0 Å². The van der Waals surface area contributed by atoms with E-state index < -0.39 is 0 Å². The molecule has 0 unspecified atom stereocenters. The zero-order valence-electron chi connectivity index (χ0n) is 9.01. The Kier molecular flexibility index (Phi) is 8.95. The molecule has 0 rings (SSSR count). The van der Waals surface area contributed by atoms with Crippen molar-refractivity contribution in [2.45, 2.75) is 52.4 Å². The Balaban J connectivity index is 3.00. The van der Waals surface area contributed by atoms with E-state index in [0.717, 1.165) is 13.0 Å². The third kappa shape index (κ3) is 9.25. The van der Waals surface area contributed by atoms with Crippen LogP contribution in [0.5, 0.6) is 0 Å². The normalized spacial score (nSPS) is 11.7. The molecule has 78 valence electrons. The van der Waals surface area contributed by atoms with Gasteiger partial charge in [-0.15, -0.1) is 0 Å². The summed E-state index contributed by atoms with van der Waals surface area (Å²) in [5.41, 5.74) is 5.47. The van der Waals surface area contributed by atoms with Gasteiger partial charge in [-0.25, -0.2) is 0 Å². The molecule has 0 heterocycles. The average molecular weight is 185 g/mol. The SMILES string of the molecule is C/C=C(\N)OCCCCCCCC. The molecule has 0 saturated carbocycles. The monoisotopic (exact) mass is 185 g/mol. The van der Waals surface area contributed by atoms with Crippen LogP contribution in [0.4, 0.5) is 0 Å². The zero-order valence-corrected chi connectivity index (χ0v) is 9.01. The molecule has 0 bridgehead atoms. The van der Waals surface area contributed by atoms with Crippen molar-refractivity contribution < 1.29 is 4.74 Å². The summed E-state index contributed by atoms with van der Waals surface area (Å²) in [7, 11) is 0. The van der Waals surface area contributed by atoms with Crippen molar-refractivity contribution in [3.63, 3.8) is 0 Å². The van der Waals surface area contributed by atoms with Crippen molar-refractivity contribution >= 4 is 0 Å². The van der Waals surface area contributed by atoms with E-state index in [0.29, 0.717) is 5.88 Å². The van der Waals surface area contributed by atoms with Crippen LogP contribution >= 0.6 is 0 Å². The Labute approximate surface area is 82.2 Å². The van der Waals surface area contributed by atoms with Crippen molar-refractivity contribution in [3.05, 3.63) is 12.0 Å². The van der Waals surface area contributed by atoms with E-state index in [9.17, 15) is 0 Å². The quantitative estimate of drug-likeness (QED) is 0.465. The van der Waals surface area contributed by atoms with Gasteiger partial charge in [0.2, 0.25) is 0 Å². The molecule has 0 aromatic rings. The minimum Gasteiger partial charge on any atom is -0.480 e. The van der Waals surface area contributed by atoms with Crippen LogP contribution in [0.25, 0.3) is 0 Å². The van der Waals surface area contributed by atoms with Crippen LogP contribution in [0.15, 0.2) is 12.0 Å². The maximum absolute atomic E-state index is 5.47. The van der Waals surface area contributed by atoms with E-state index in [1.165, 1.54) is 32.1 Å². The minimum atomic E-state index is 0.550. The lowest BCUT2D eigenvalue weighted by atomic mass is 10.1. The van der Waals surface area contributed by atoms with Crippen LogP contribution in [-0.4, -0.2) is 6.61 Å². The van der Waals surface area contributed by atoms with E-state index in [2.05, 4.69) is 6.92 Å². The molecular weight excluding hydrogens is 162 g/mol. The summed E-state index contributed by atoms with van der Waals surface area (Å²) in [6, 6.07) is 0. The van der Waals surface area contributed by atoms with E-state index in [-0.39, 0.29) is 0 Å². The molecule has 0 fully saturated rings. The van der Waals surface area contributed by atoms with Crippen molar-refractivity contribution in [3.8, 4) is 0 Å². The molecule has 0 aliphatic rings. The molecular formula is C11H23NO. The Hall–Kier alpha value is -0.660. The predicted molar refractivity (Wildman–Crippen MR) is 57.3 cm³/mol. The fraction of sp³-hybridized carbons (Fsp3) is 0.818. The Bertz CT molecular complexity index is 132. The first-order valence-corrected chi connectivity index (χ1v) is 5.35. The van der Waals surface area contributed by atoms with Gasteiger partial charge >= 0.3 is 0 Å². The molecule has 2 nitrogen and oxygen atoms in total. The van der Waals surface area contributed by atoms with Gasteiger partial charge in [0.15, 0.2) is 5.88 Å². The maximum atomic E-state index is 5.47. The van der Waals surface area contributed by atoms with Gasteiger partial charge in [0.25, 0.3) is 0 Å². The van der Waals surface area contributed by atoms with Gasteiger partial charge in [0.1, 0.15) is 0 Å². The Morgan fingerprint density at radius 3 is 2.38 bits per heavy atom. The third-order valence-electron chi connectivity index (χ3n) is 2.05. The second-order valence-electron chi connectivity index (χ2n) is 3.31. The second kappa shape index (κ2) is 9.43. The van der Waals surface area contributed by atoms with Gasteiger partial charge in [0, 0.05) is 0 Å². The lowest BCUT2D eigenvalue weighted by molar-refractivity contribution is 0.202. The average Bonchev–Trinajstić information content (AvgIpc) is 2.16. The summed E-state index contributed by atoms with van der Waals surface area (Å²) in [5.74, 6) is 0.550. The predicted octanol–water partition coefficient (Wildman–Crippen LogP) is 3.18. The molecule has 2 heteroatoms. The van der Waals surface area contributed by atoms with Crippen LogP contribution < -0.4 is 5.73 Å². The minimum absolute atomic E-state index is 0.550. The van der Waals surface area contributed by atoms with Crippen molar-refractivity contribution in [2.75, 3.05) is 6.61 Å². The first-order chi connectivity index (χ1) is 6.31. The number of allylic oxidation sites excluding steroid dienone is 1. The summed E-state index contributed by atoms with van der Waals surface area (Å²) < 4.78 is 5.24. The summed E-state index contributed by atoms with van der Waals surface area (Å²) >= 11 is 0. The molecule has 2 N–H and O–H groups in total. The van der Waals surface area contributed by atoms with Crippen LogP contribution in [0, 0.1) is 0 Å². The smallest absolute Gasteiger partial charge is 0.179 e. The summed E-state index contributed by atoms with van der Waals surface area (Å²) in [6.07, 6.45) is 9.52. The number of rotatable bonds is 8. The fourth-order valence-electron chi connectivity index (χ4n) is 1.16. The molecule has 0 spiro atoms. The maximum Gasteiger partial charge on any atom is 0.179 e. The third-order valence-corrected chi connectivity index (χ3v) is 2.05. The molecule has 0 saturated heterocycles. The molecule has 13 heavy (non-hydrogen) atoms. The molecule has 0 aromatic heterocycles. The topological polar surface area (TPSA) is 35.2 Å². The molecule has 0 aliphatic heterocycles. The highest BCUT2D eigenvalue weighted by Crippen LogP contribution is 2.05. The number of unbranched alkanes of at least 4 members (excludes halogenated alkanes) is 5. The van der Waals surface area contributed by atoms with E-state index in [1.54, 1.807) is 6.08 Å². The summed E-state index contributed by atoms with van der Waals surface area (Å²) in [6.45, 7) is 4.88. The van der Waals surface area contributed by atoms with Crippen molar-refractivity contribution in [1.82, 2.24) is 0 Å². The highest BCUT2D eigenvalue weighted by atomic mass is 16.5. The van der Waals surface area contributed by atoms with Gasteiger partial charge in [-0.05, 0) is 19.4 Å². The van der Waals surface area contributed by atoms with Crippen LogP contribution in [0.3, 0.4) is 0 Å². The lowest BCUT2D eigenvalue weighted by Crippen LogP contribution is -2.03.